The van der Waals surface area contributed by atoms with Crippen molar-refractivity contribution in [2.75, 3.05) is 6.54 Å². The van der Waals surface area contributed by atoms with E-state index in [1.54, 1.807) is 12.1 Å². The molecule has 0 aromatic heterocycles. The Balaban J connectivity index is 2.41. The molecule has 0 aliphatic heterocycles. The number of hydrogen-bond acceptors (Lipinski definition) is 4. The molecule has 0 spiro atoms. The van der Waals surface area contributed by atoms with E-state index in [4.69, 9.17) is 39.3 Å². The van der Waals surface area contributed by atoms with Crippen molar-refractivity contribution in [3.05, 3.63) is 57.6 Å². The molecular weight excluding hydrogens is 358 g/mol. The lowest BCUT2D eigenvalue weighted by Crippen LogP contribution is -2.49. The van der Waals surface area contributed by atoms with Gasteiger partial charge in [-0.1, -0.05) is 47.5 Å². The predicted molar refractivity (Wildman–Crippen MR) is 105 cm³/mol. The largest absolute Gasteiger partial charge is 0.525 e. The molecular formula is C18H21BCl2N2O2. The van der Waals surface area contributed by atoms with E-state index in [9.17, 15) is 4.79 Å². The second kappa shape index (κ2) is 8.72. The number of aryl methyl sites for hydroxylation is 2. The van der Waals surface area contributed by atoms with Gasteiger partial charge in [-0.3, -0.25) is 4.79 Å². The van der Waals surface area contributed by atoms with Crippen LogP contribution in [0.4, 0.5) is 0 Å². The van der Waals surface area contributed by atoms with E-state index in [0.717, 1.165) is 22.1 Å². The van der Waals surface area contributed by atoms with Crippen molar-refractivity contribution in [2.24, 2.45) is 11.5 Å². The fourth-order valence-corrected chi connectivity index (χ4v) is 2.75. The van der Waals surface area contributed by atoms with Gasteiger partial charge in [0.15, 0.2) is 0 Å². The van der Waals surface area contributed by atoms with Crippen molar-refractivity contribution < 1.29 is 9.45 Å². The Labute approximate surface area is 158 Å². The quantitative estimate of drug-likeness (QED) is 0.753. The van der Waals surface area contributed by atoms with E-state index >= 15 is 0 Å². The first-order valence-corrected chi connectivity index (χ1v) is 8.77. The van der Waals surface area contributed by atoms with Crippen LogP contribution < -0.4 is 22.4 Å². The second-order valence-electron chi connectivity index (χ2n) is 6.02. The highest BCUT2D eigenvalue weighted by Crippen LogP contribution is 2.15. The molecule has 7 heteroatoms. The van der Waals surface area contributed by atoms with Crippen molar-refractivity contribution in [1.82, 2.24) is 0 Å². The lowest BCUT2D eigenvalue weighted by Gasteiger charge is -2.19. The minimum absolute atomic E-state index is 0.313. The Morgan fingerprint density at radius 2 is 1.56 bits per heavy atom. The number of carbonyl (C=O) groups is 1. The van der Waals surface area contributed by atoms with E-state index < -0.39 is 18.9 Å². The van der Waals surface area contributed by atoms with Crippen LogP contribution in [0.1, 0.15) is 17.5 Å². The van der Waals surface area contributed by atoms with Gasteiger partial charge in [-0.2, -0.15) is 0 Å². The van der Waals surface area contributed by atoms with Gasteiger partial charge in [-0.15, -0.1) is 0 Å². The van der Waals surface area contributed by atoms with Gasteiger partial charge in [0.25, 0.3) is 0 Å². The Kier molecular flexibility index (Phi) is 6.91. The molecule has 0 bridgehead atoms. The summed E-state index contributed by atoms with van der Waals surface area (Å²) in [6.45, 7) is 3.49. The van der Waals surface area contributed by atoms with Crippen LogP contribution in [0, 0.1) is 13.8 Å². The minimum atomic E-state index is -0.769. The van der Waals surface area contributed by atoms with Crippen LogP contribution in [-0.2, 0) is 9.45 Å². The first-order valence-electron chi connectivity index (χ1n) is 8.01. The van der Waals surface area contributed by atoms with Gasteiger partial charge >= 0.3 is 12.9 Å². The maximum atomic E-state index is 12.3. The number of nitrogens with two attached hydrogens (primary N) is 2. The van der Waals surface area contributed by atoms with E-state index in [1.165, 1.54) is 0 Å². The molecule has 0 saturated heterocycles. The fraction of sp³-hybridized carbons (Fsp3) is 0.278. The summed E-state index contributed by atoms with van der Waals surface area (Å²) >= 11 is 12.5. The number of hydrogen-bond donors (Lipinski definition) is 2. The van der Waals surface area contributed by atoms with Gasteiger partial charge in [0.05, 0.1) is 0 Å². The summed E-state index contributed by atoms with van der Waals surface area (Å²) in [5.74, 6) is -0.510. The predicted octanol–water partition coefficient (Wildman–Crippen LogP) is 1.94. The summed E-state index contributed by atoms with van der Waals surface area (Å²) < 4.78 is 5.69. The molecule has 0 saturated carbocycles. The van der Waals surface area contributed by atoms with Crippen molar-refractivity contribution >= 4 is 47.0 Å². The second-order valence-corrected chi connectivity index (χ2v) is 6.83. The molecule has 1 atom stereocenters. The zero-order valence-electron chi connectivity index (χ0n) is 14.3. The molecule has 0 aliphatic rings. The van der Waals surface area contributed by atoms with Crippen molar-refractivity contribution in [3.8, 4) is 0 Å². The fourth-order valence-electron chi connectivity index (χ4n) is 2.37. The maximum Gasteiger partial charge on any atom is 0.429 e. The third-order valence-electron chi connectivity index (χ3n) is 4.01. The van der Waals surface area contributed by atoms with Crippen molar-refractivity contribution in [3.63, 3.8) is 0 Å². The molecule has 0 heterocycles. The average Bonchev–Trinajstić information content (AvgIpc) is 2.58. The molecule has 1 unspecified atom stereocenters. The van der Waals surface area contributed by atoms with E-state index in [1.807, 2.05) is 38.1 Å². The number of halogens is 2. The summed E-state index contributed by atoms with van der Waals surface area (Å²) in [7, 11) is 0. The highest BCUT2D eigenvalue weighted by molar-refractivity contribution is 6.81. The van der Waals surface area contributed by atoms with E-state index in [-0.39, 0.29) is 0 Å². The lowest BCUT2D eigenvalue weighted by atomic mass is 9.55. The molecule has 0 amide bonds. The highest BCUT2D eigenvalue weighted by Gasteiger charge is 2.29. The number of carbonyl (C=O) groups excluding carboxylic acids is 1. The third kappa shape index (κ3) is 4.99. The molecule has 2 rings (SSSR count). The normalized spacial score (nSPS) is 11.9. The summed E-state index contributed by atoms with van der Waals surface area (Å²) in [6, 6.07) is 10.3. The lowest BCUT2D eigenvalue weighted by molar-refractivity contribution is -0.136. The van der Waals surface area contributed by atoms with Gasteiger partial charge in [0.2, 0.25) is 0 Å². The number of benzene rings is 2. The Morgan fingerprint density at radius 1 is 1.08 bits per heavy atom. The van der Waals surface area contributed by atoms with Gasteiger partial charge < -0.3 is 16.1 Å². The standard InChI is InChI=1S/C18H21BCl2N2O2/c1-11-3-5-13(9-15(11)20)19(25-18(24)17(23)7-8-22)14-6-4-12(2)16(21)10-14/h3-6,9-10,17H,7-8,22-23H2,1-2H3. The monoisotopic (exact) mass is 378 g/mol. The van der Waals surface area contributed by atoms with Gasteiger partial charge in [0, 0.05) is 10.0 Å². The van der Waals surface area contributed by atoms with E-state index in [2.05, 4.69) is 0 Å². The SMILES string of the molecule is Cc1ccc(B(OC(=O)C(N)CCN)c2ccc(C)c(Cl)c2)cc1Cl. The summed E-state index contributed by atoms with van der Waals surface area (Å²) in [5.41, 5.74) is 14.7. The van der Waals surface area contributed by atoms with Crippen LogP contribution in [-0.4, -0.2) is 25.5 Å². The summed E-state index contributed by atoms with van der Waals surface area (Å²) in [4.78, 5) is 12.3. The highest BCUT2D eigenvalue weighted by atomic mass is 35.5. The maximum absolute atomic E-state index is 12.3. The Bertz CT molecular complexity index is 719. The first kappa shape index (κ1) is 19.8. The first-order chi connectivity index (χ1) is 11.8. The molecule has 4 N–H and O–H groups in total. The van der Waals surface area contributed by atoms with Crippen molar-refractivity contribution in [2.45, 2.75) is 26.3 Å². The van der Waals surface area contributed by atoms with Crippen LogP contribution in [0.3, 0.4) is 0 Å². The zero-order chi connectivity index (χ0) is 18.6. The number of rotatable bonds is 6. The topological polar surface area (TPSA) is 78.3 Å². The molecule has 4 nitrogen and oxygen atoms in total. The molecule has 2 aromatic rings. The molecule has 0 radical (unpaired) electrons. The molecule has 25 heavy (non-hydrogen) atoms. The van der Waals surface area contributed by atoms with E-state index in [0.29, 0.717) is 23.0 Å². The average molecular weight is 379 g/mol. The molecule has 0 fully saturated rings. The Hall–Kier alpha value is -1.53. The molecule has 0 aliphatic carbocycles. The smallest absolute Gasteiger partial charge is 0.429 e. The van der Waals surface area contributed by atoms with Gasteiger partial charge in [0.1, 0.15) is 6.04 Å². The minimum Gasteiger partial charge on any atom is -0.525 e. The van der Waals surface area contributed by atoms with Crippen molar-refractivity contribution in [1.29, 1.82) is 0 Å². The van der Waals surface area contributed by atoms with Gasteiger partial charge in [-0.05, 0) is 61.0 Å². The summed E-state index contributed by atoms with van der Waals surface area (Å²) in [6.07, 6.45) is 0.356. The van der Waals surface area contributed by atoms with Gasteiger partial charge in [-0.25, -0.2) is 0 Å². The van der Waals surface area contributed by atoms with Crippen LogP contribution >= 0.6 is 23.2 Å². The zero-order valence-corrected chi connectivity index (χ0v) is 15.8. The summed E-state index contributed by atoms with van der Waals surface area (Å²) in [5, 5.41) is 1.20. The van der Waals surface area contributed by atoms with Crippen LogP contribution in [0.5, 0.6) is 0 Å². The van der Waals surface area contributed by atoms with Crippen LogP contribution in [0.2, 0.25) is 10.0 Å². The third-order valence-corrected chi connectivity index (χ3v) is 4.83. The molecule has 132 valence electrons. The Morgan fingerprint density at radius 3 is 1.96 bits per heavy atom. The van der Waals surface area contributed by atoms with Crippen LogP contribution in [0.25, 0.3) is 0 Å². The van der Waals surface area contributed by atoms with Crippen LogP contribution in [0.15, 0.2) is 36.4 Å². The molecule has 2 aromatic carbocycles.